The van der Waals surface area contributed by atoms with E-state index in [0.717, 1.165) is 17.7 Å². The van der Waals surface area contributed by atoms with Crippen molar-refractivity contribution in [2.45, 2.75) is 0 Å². The van der Waals surface area contributed by atoms with Gasteiger partial charge in [0.05, 0.1) is 17.8 Å². The van der Waals surface area contributed by atoms with Gasteiger partial charge in [-0.3, -0.25) is 4.79 Å². The zero-order valence-electron chi connectivity index (χ0n) is 10.8. The Balaban J connectivity index is 2.43. The number of halogens is 1. The lowest BCUT2D eigenvalue weighted by Gasteiger charge is -2.22. The van der Waals surface area contributed by atoms with Gasteiger partial charge in [0.25, 0.3) is 0 Å². The largest absolute Gasteiger partial charge is 0.497 e. The van der Waals surface area contributed by atoms with E-state index in [-0.39, 0.29) is 0 Å². The minimum absolute atomic E-state index is 0.544. The lowest BCUT2D eigenvalue weighted by atomic mass is 10.1. The van der Waals surface area contributed by atoms with Crippen LogP contribution < -0.4 is 9.64 Å². The van der Waals surface area contributed by atoms with Crippen molar-refractivity contribution >= 4 is 29.3 Å². The molecule has 0 spiro atoms. The number of nitrogens with zero attached hydrogens (tertiary/aromatic N) is 1. The second-order valence-electron chi connectivity index (χ2n) is 4.05. The van der Waals surface area contributed by atoms with Crippen LogP contribution in [0.2, 0.25) is 5.02 Å². The van der Waals surface area contributed by atoms with Crippen LogP contribution in [0.3, 0.4) is 0 Å². The fourth-order valence-electron chi connectivity index (χ4n) is 1.92. The summed E-state index contributed by atoms with van der Waals surface area (Å²) in [5.74, 6) is 0.784. The Hall–Kier alpha value is -2.00. The Morgan fingerprint density at radius 2 is 1.84 bits per heavy atom. The van der Waals surface area contributed by atoms with Crippen molar-refractivity contribution in [3.05, 3.63) is 53.1 Å². The lowest BCUT2D eigenvalue weighted by molar-refractivity contribution is 0.112. The maximum atomic E-state index is 11.1. The molecule has 0 bridgehead atoms. The summed E-state index contributed by atoms with van der Waals surface area (Å²) in [4.78, 5) is 13.0. The minimum atomic E-state index is 0.544. The van der Waals surface area contributed by atoms with Crippen molar-refractivity contribution < 1.29 is 9.53 Å². The molecule has 0 unspecified atom stereocenters. The molecule has 0 aromatic heterocycles. The van der Waals surface area contributed by atoms with Crippen LogP contribution in [0.4, 0.5) is 11.4 Å². The predicted molar refractivity (Wildman–Crippen MR) is 77.9 cm³/mol. The van der Waals surface area contributed by atoms with E-state index in [9.17, 15) is 4.79 Å². The van der Waals surface area contributed by atoms with Crippen molar-refractivity contribution in [3.8, 4) is 5.75 Å². The third-order valence-corrected chi connectivity index (χ3v) is 3.25. The molecule has 3 nitrogen and oxygen atoms in total. The average molecular weight is 276 g/mol. The second kappa shape index (κ2) is 5.76. The molecule has 0 aliphatic heterocycles. The third-order valence-electron chi connectivity index (χ3n) is 2.94. The van der Waals surface area contributed by atoms with Crippen LogP contribution in [-0.2, 0) is 0 Å². The Kier molecular flexibility index (Phi) is 4.07. The summed E-state index contributed by atoms with van der Waals surface area (Å²) in [6, 6.07) is 12.8. The van der Waals surface area contributed by atoms with Gasteiger partial charge in [0.1, 0.15) is 5.75 Å². The maximum Gasteiger partial charge on any atom is 0.152 e. The standard InChI is InChI=1S/C15H14ClNO2/c1-17(12-6-8-13(19-2)9-7-12)15-11(10-18)4-3-5-14(15)16/h3-10H,1-2H3. The molecule has 0 saturated carbocycles. The van der Waals surface area contributed by atoms with E-state index in [1.165, 1.54) is 0 Å². The number of aldehydes is 1. The van der Waals surface area contributed by atoms with Gasteiger partial charge in [-0.1, -0.05) is 17.7 Å². The number of methoxy groups -OCH3 is 1. The molecule has 0 fully saturated rings. The summed E-state index contributed by atoms with van der Waals surface area (Å²) < 4.78 is 5.12. The molecule has 0 N–H and O–H groups in total. The molecule has 2 aromatic carbocycles. The van der Waals surface area contributed by atoms with Gasteiger partial charge in [-0.15, -0.1) is 0 Å². The van der Waals surface area contributed by atoms with Gasteiger partial charge in [0, 0.05) is 18.3 Å². The van der Waals surface area contributed by atoms with E-state index in [0.29, 0.717) is 16.3 Å². The van der Waals surface area contributed by atoms with Crippen molar-refractivity contribution in [1.82, 2.24) is 0 Å². The van der Waals surface area contributed by atoms with E-state index in [4.69, 9.17) is 16.3 Å². The highest BCUT2D eigenvalue weighted by Crippen LogP contribution is 2.33. The van der Waals surface area contributed by atoms with Crippen molar-refractivity contribution in [3.63, 3.8) is 0 Å². The molecule has 98 valence electrons. The van der Waals surface area contributed by atoms with Gasteiger partial charge < -0.3 is 9.64 Å². The predicted octanol–water partition coefficient (Wildman–Crippen LogP) is 3.93. The molecular formula is C15H14ClNO2. The number of para-hydroxylation sites is 1. The van der Waals surface area contributed by atoms with Crippen LogP contribution in [0, 0.1) is 0 Å². The van der Waals surface area contributed by atoms with E-state index >= 15 is 0 Å². The summed E-state index contributed by atoms with van der Waals surface area (Å²) in [6.45, 7) is 0. The second-order valence-corrected chi connectivity index (χ2v) is 4.46. The number of rotatable bonds is 4. The molecule has 0 amide bonds. The van der Waals surface area contributed by atoms with Crippen LogP contribution in [0.15, 0.2) is 42.5 Å². The fraction of sp³-hybridized carbons (Fsp3) is 0.133. The first-order valence-corrected chi connectivity index (χ1v) is 6.16. The number of carbonyl (C=O) groups excluding carboxylic acids is 1. The summed E-state index contributed by atoms with van der Waals surface area (Å²) in [5.41, 5.74) is 2.19. The number of anilines is 2. The highest BCUT2D eigenvalue weighted by molar-refractivity contribution is 6.34. The highest BCUT2D eigenvalue weighted by atomic mass is 35.5. The number of carbonyl (C=O) groups is 1. The van der Waals surface area contributed by atoms with Crippen LogP contribution >= 0.6 is 11.6 Å². The quantitative estimate of drug-likeness (QED) is 0.792. The van der Waals surface area contributed by atoms with Crippen molar-refractivity contribution in [1.29, 1.82) is 0 Å². The molecule has 0 aliphatic carbocycles. The first-order valence-electron chi connectivity index (χ1n) is 5.79. The number of hydrogen-bond acceptors (Lipinski definition) is 3. The topological polar surface area (TPSA) is 29.5 Å². The third kappa shape index (κ3) is 2.71. The van der Waals surface area contributed by atoms with Crippen LogP contribution in [0.1, 0.15) is 10.4 Å². The van der Waals surface area contributed by atoms with Crippen LogP contribution in [-0.4, -0.2) is 20.4 Å². The molecule has 19 heavy (non-hydrogen) atoms. The van der Waals surface area contributed by atoms with Gasteiger partial charge in [0.15, 0.2) is 6.29 Å². The zero-order chi connectivity index (χ0) is 13.8. The zero-order valence-corrected chi connectivity index (χ0v) is 11.5. The van der Waals surface area contributed by atoms with E-state index < -0.39 is 0 Å². The Morgan fingerprint density at radius 3 is 2.42 bits per heavy atom. The number of ether oxygens (including phenoxy) is 1. The van der Waals surface area contributed by atoms with Gasteiger partial charge >= 0.3 is 0 Å². The Bertz CT molecular complexity index is 581. The van der Waals surface area contributed by atoms with E-state index in [2.05, 4.69) is 0 Å². The first kappa shape index (κ1) is 13.4. The summed E-state index contributed by atoms with van der Waals surface area (Å²) >= 11 is 6.19. The molecule has 0 aliphatic rings. The van der Waals surface area contributed by atoms with Gasteiger partial charge in [-0.25, -0.2) is 0 Å². The normalized spacial score (nSPS) is 10.1. The number of hydrogen-bond donors (Lipinski definition) is 0. The molecule has 2 aromatic rings. The number of benzene rings is 2. The molecule has 0 saturated heterocycles. The molecule has 2 rings (SSSR count). The smallest absolute Gasteiger partial charge is 0.152 e. The minimum Gasteiger partial charge on any atom is -0.497 e. The molecule has 0 heterocycles. The monoisotopic (exact) mass is 275 g/mol. The van der Waals surface area contributed by atoms with Gasteiger partial charge in [-0.2, -0.15) is 0 Å². The lowest BCUT2D eigenvalue weighted by Crippen LogP contribution is -2.12. The van der Waals surface area contributed by atoms with E-state index in [1.807, 2.05) is 36.2 Å². The molecule has 0 radical (unpaired) electrons. The van der Waals surface area contributed by atoms with Crippen molar-refractivity contribution in [2.75, 3.05) is 19.1 Å². The summed E-state index contributed by atoms with van der Waals surface area (Å²) in [6.07, 6.45) is 0.807. The maximum absolute atomic E-state index is 11.1. The SMILES string of the molecule is COc1ccc(N(C)c2c(Cl)cccc2C=O)cc1. The van der Waals surface area contributed by atoms with Crippen molar-refractivity contribution in [2.24, 2.45) is 0 Å². The van der Waals surface area contributed by atoms with Gasteiger partial charge in [0.2, 0.25) is 0 Å². The first-order chi connectivity index (χ1) is 9.17. The average Bonchev–Trinajstić information content (AvgIpc) is 2.46. The van der Waals surface area contributed by atoms with Gasteiger partial charge in [-0.05, 0) is 36.4 Å². The Labute approximate surface area is 117 Å². The highest BCUT2D eigenvalue weighted by Gasteiger charge is 2.12. The van der Waals surface area contributed by atoms with Crippen LogP contribution in [0.25, 0.3) is 0 Å². The summed E-state index contributed by atoms with van der Waals surface area (Å²) in [7, 11) is 3.49. The fourth-order valence-corrected chi connectivity index (χ4v) is 2.22. The van der Waals surface area contributed by atoms with Crippen LogP contribution in [0.5, 0.6) is 5.75 Å². The Morgan fingerprint density at radius 1 is 1.16 bits per heavy atom. The van der Waals surface area contributed by atoms with E-state index in [1.54, 1.807) is 25.3 Å². The summed E-state index contributed by atoms with van der Waals surface area (Å²) in [5, 5.41) is 0.544. The molecule has 0 atom stereocenters. The molecular weight excluding hydrogens is 262 g/mol. The molecule has 4 heteroatoms.